The van der Waals surface area contributed by atoms with Gasteiger partial charge in [-0.1, -0.05) is 30.2 Å². The lowest BCUT2D eigenvalue weighted by molar-refractivity contribution is 0.383. The third-order valence-corrected chi connectivity index (χ3v) is 3.33. The maximum absolute atomic E-state index is 5.19. The van der Waals surface area contributed by atoms with Crippen LogP contribution in [-0.2, 0) is 13.1 Å². The summed E-state index contributed by atoms with van der Waals surface area (Å²) in [5, 5.41) is 0. The quantitative estimate of drug-likeness (QED) is 0.599. The number of hydrogen-bond donors (Lipinski definition) is 0. The van der Waals surface area contributed by atoms with E-state index in [9.17, 15) is 0 Å². The molecule has 0 N–H and O–H groups in total. The molecule has 114 valence electrons. The lowest BCUT2D eigenvalue weighted by Crippen LogP contribution is -2.16. The minimum atomic E-state index is 0.775. The molecule has 22 heavy (non-hydrogen) atoms. The zero-order valence-electron chi connectivity index (χ0n) is 13.3. The molecular weight excluding hydrogens is 274 g/mol. The van der Waals surface area contributed by atoms with Crippen molar-refractivity contribution in [3.8, 4) is 23.5 Å². The fraction of sp³-hybridized carbons (Fsp3) is 0.263. The Morgan fingerprint density at radius 3 is 1.50 bits per heavy atom. The van der Waals surface area contributed by atoms with Gasteiger partial charge in [0.1, 0.15) is 11.5 Å². The summed E-state index contributed by atoms with van der Waals surface area (Å²) in [5.41, 5.74) is 2.41. The van der Waals surface area contributed by atoms with E-state index in [2.05, 4.69) is 41.1 Å². The number of methoxy groups -OCH3 is 2. The van der Waals surface area contributed by atoms with Crippen LogP contribution in [0.25, 0.3) is 0 Å². The van der Waals surface area contributed by atoms with Crippen LogP contribution in [0.4, 0.5) is 0 Å². The predicted molar refractivity (Wildman–Crippen MR) is 88.7 cm³/mol. The molecule has 0 aliphatic carbocycles. The minimum absolute atomic E-state index is 0.775. The highest BCUT2D eigenvalue weighted by molar-refractivity contribution is 5.29. The smallest absolute Gasteiger partial charge is 0.118 e. The summed E-state index contributed by atoms with van der Waals surface area (Å²) in [6, 6.07) is 19.3. The summed E-state index contributed by atoms with van der Waals surface area (Å²) in [7, 11) is 3.35. The van der Waals surface area contributed by atoms with Crippen LogP contribution in [0.15, 0.2) is 48.5 Å². The van der Waals surface area contributed by atoms with Crippen LogP contribution in [0.2, 0.25) is 0 Å². The largest absolute Gasteiger partial charge is 0.497 e. The van der Waals surface area contributed by atoms with Crippen molar-refractivity contribution < 1.29 is 9.47 Å². The Morgan fingerprint density at radius 2 is 1.18 bits per heavy atom. The molecule has 0 heterocycles. The van der Waals surface area contributed by atoms with Gasteiger partial charge in [0.25, 0.3) is 0 Å². The first kappa shape index (κ1) is 15.8. The van der Waals surface area contributed by atoms with Crippen molar-refractivity contribution in [1.82, 2.24) is 4.90 Å². The Kier molecular flexibility index (Phi) is 5.73. The third kappa shape index (κ3) is 4.46. The van der Waals surface area contributed by atoms with Gasteiger partial charge in [-0.05, 0) is 42.3 Å². The van der Waals surface area contributed by atoms with Crippen molar-refractivity contribution in [2.24, 2.45) is 0 Å². The van der Waals surface area contributed by atoms with E-state index in [1.807, 2.05) is 31.2 Å². The van der Waals surface area contributed by atoms with Crippen LogP contribution in [0.3, 0.4) is 0 Å². The molecule has 0 fully saturated rings. The van der Waals surface area contributed by atoms with Gasteiger partial charge in [-0.2, -0.15) is 0 Å². The van der Waals surface area contributed by atoms with Gasteiger partial charge in [0.15, 0.2) is 0 Å². The third-order valence-electron chi connectivity index (χ3n) is 3.33. The fourth-order valence-corrected chi connectivity index (χ4v) is 2.20. The highest BCUT2D eigenvalue weighted by Crippen LogP contribution is 2.16. The Morgan fingerprint density at radius 1 is 0.773 bits per heavy atom. The van der Waals surface area contributed by atoms with Gasteiger partial charge in [-0.15, -0.1) is 0 Å². The molecule has 0 aliphatic heterocycles. The van der Waals surface area contributed by atoms with Crippen LogP contribution in [0.1, 0.15) is 18.1 Å². The molecule has 0 amide bonds. The topological polar surface area (TPSA) is 21.7 Å². The van der Waals surface area contributed by atoms with Crippen molar-refractivity contribution in [3.63, 3.8) is 0 Å². The van der Waals surface area contributed by atoms with Crippen molar-refractivity contribution in [3.05, 3.63) is 59.7 Å². The molecule has 0 unspecified atom stereocenters. The Labute approximate surface area is 132 Å². The van der Waals surface area contributed by atoms with Crippen LogP contribution >= 0.6 is 0 Å². The molecule has 2 aromatic rings. The number of rotatable bonds is 6. The second-order valence-corrected chi connectivity index (χ2v) is 4.91. The van der Waals surface area contributed by atoms with E-state index >= 15 is 0 Å². The van der Waals surface area contributed by atoms with Crippen LogP contribution in [0.5, 0.6) is 11.5 Å². The van der Waals surface area contributed by atoms with E-state index in [1.54, 1.807) is 14.2 Å². The Bertz CT molecular complexity index is 586. The van der Waals surface area contributed by atoms with Crippen molar-refractivity contribution in [2.45, 2.75) is 20.0 Å². The fourth-order valence-electron chi connectivity index (χ4n) is 2.20. The van der Waals surface area contributed by atoms with Gasteiger partial charge in [-0.25, -0.2) is 0 Å². The molecule has 0 saturated carbocycles. The van der Waals surface area contributed by atoms with Crippen molar-refractivity contribution >= 4 is 0 Å². The normalized spacial score (nSPS) is 9.59. The van der Waals surface area contributed by atoms with Gasteiger partial charge in [-0.3, -0.25) is 0 Å². The van der Waals surface area contributed by atoms with Gasteiger partial charge in [0, 0.05) is 6.04 Å². The molecule has 0 aromatic heterocycles. The lowest BCUT2D eigenvalue weighted by atomic mass is 10.1. The Hall–Kier alpha value is -2.60. The molecule has 3 heteroatoms. The SMILES string of the molecule is CC#CN(Cc1ccc(OC)cc1)Cc1ccc(OC)cc1. The molecule has 2 rings (SSSR count). The molecule has 0 radical (unpaired) electrons. The van der Waals surface area contributed by atoms with Crippen molar-refractivity contribution in [1.29, 1.82) is 0 Å². The number of ether oxygens (including phenoxy) is 2. The molecule has 0 spiro atoms. The molecule has 2 aromatic carbocycles. The number of hydrogen-bond acceptors (Lipinski definition) is 3. The highest BCUT2D eigenvalue weighted by atomic mass is 16.5. The van der Waals surface area contributed by atoms with E-state index in [1.165, 1.54) is 11.1 Å². The van der Waals surface area contributed by atoms with E-state index in [0.717, 1.165) is 24.6 Å². The highest BCUT2D eigenvalue weighted by Gasteiger charge is 2.04. The average molecular weight is 295 g/mol. The van der Waals surface area contributed by atoms with Gasteiger partial charge < -0.3 is 14.4 Å². The van der Waals surface area contributed by atoms with E-state index in [-0.39, 0.29) is 0 Å². The Balaban J connectivity index is 2.05. The number of benzene rings is 2. The predicted octanol–water partition coefficient (Wildman–Crippen LogP) is 3.69. The first-order valence-corrected chi connectivity index (χ1v) is 7.18. The molecule has 0 aliphatic rings. The van der Waals surface area contributed by atoms with Crippen LogP contribution in [-0.4, -0.2) is 19.1 Å². The second-order valence-electron chi connectivity index (χ2n) is 4.91. The summed E-state index contributed by atoms with van der Waals surface area (Å²) in [6.45, 7) is 3.41. The van der Waals surface area contributed by atoms with E-state index in [0.29, 0.717) is 0 Å². The van der Waals surface area contributed by atoms with Gasteiger partial charge >= 0.3 is 0 Å². The number of nitrogens with zero attached hydrogens (tertiary/aromatic N) is 1. The zero-order chi connectivity index (χ0) is 15.8. The van der Waals surface area contributed by atoms with Gasteiger partial charge in [0.2, 0.25) is 0 Å². The van der Waals surface area contributed by atoms with E-state index in [4.69, 9.17) is 9.47 Å². The summed E-state index contributed by atoms with van der Waals surface area (Å²) >= 11 is 0. The van der Waals surface area contributed by atoms with Gasteiger partial charge in [0.05, 0.1) is 27.3 Å². The minimum Gasteiger partial charge on any atom is -0.497 e. The molecule has 3 nitrogen and oxygen atoms in total. The first-order valence-electron chi connectivity index (χ1n) is 7.18. The van der Waals surface area contributed by atoms with Crippen molar-refractivity contribution in [2.75, 3.05) is 14.2 Å². The lowest BCUT2D eigenvalue weighted by Gasteiger charge is -2.18. The zero-order valence-corrected chi connectivity index (χ0v) is 13.3. The first-order chi connectivity index (χ1) is 10.7. The van der Waals surface area contributed by atoms with Crippen LogP contribution < -0.4 is 9.47 Å². The summed E-state index contributed by atoms with van der Waals surface area (Å²) in [6.07, 6.45) is 0. The molecule has 0 saturated heterocycles. The average Bonchev–Trinajstić information content (AvgIpc) is 2.56. The monoisotopic (exact) mass is 295 g/mol. The van der Waals surface area contributed by atoms with E-state index < -0.39 is 0 Å². The summed E-state index contributed by atoms with van der Waals surface area (Å²) in [4.78, 5) is 2.10. The standard InChI is InChI=1S/C19H21NO2/c1-4-13-20(14-16-5-9-18(21-2)10-6-16)15-17-7-11-19(22-3)12-8-17/h5-12H,14-15H2,1-3H3. The summed E-state index contributed by atoms with van der Waals surface area (Å²) in [5.74, 6) is 4.72. The molecule has 0 bridgehead atoms. The van der Waals surface area contributed by atoms with Crippen LogP contribution in [0, 0.1) is 12.0 Å². The molecule has 0 atom stereocenters. The molecular formula is C19H21NO2. The second kappa shape index (κ2) is 7.99. The maximum atomic E-state index is 5.19. The summed E-state index contributed by atoms with van der Waals surface area (Å²) < 4.78 is 10.4. The maximum Gasteiger partial charge on any atom is 0.118 e.